The van der Waals surface area contributed by atoms with Crippen molar-refractivity contribution in [2.24, 2.45) is 0 Å². The number of hydrogen-bond acceptors (Lipinski definition) is 3. The highest BCUT2D eigenvalue weighted by molar-refractivity contribution is 5.34. The Labute approximate surface area is 114 Å². The number of nitrogens with zero attached hydrogens (tertiary/aromatic N) is 2. The normalized spacial score (nSPS) is 12.6. The van der Waals surface area contributed by atoms with Crippen molar-refractivity contribution in [1.82, 2.24) is 20.7 Å². The van der Waals surface area contributed by atoms with Crippen molar-refractivity contribution in [3.8, 4) is 0 Å². The fourth-order valence-electron chi connectivity index (χ4n) is 2.35. The predicted octanol–water partition coefficient (Wildman–Crippen LogP) is 2.70. The Balaban J connectivity index is 2.20. The Bertz CT molecular complexity index is 485. The summed E-state index contributed by atoms with van der Waals surface area (Å²) in [6, 6.07) is 6.67. The highest BCUT2D eigenvalue weighted by Gasteiger charge is 2.16. The van der Waals surface area contributed by atoms with E-state index in [1.54, 1.807) is 6.20 Å². The Kier molecular flexibility index (Phi) is 4.68. The van der Waals surface area contributed by atoms with E-state index in [9.17, 15) is 0 Å². The summed E-state index contributed by atoms with van der Waals surface area (Å²) in [5, 5.41) is 14.4. The van der Waals surface area contributed by atoms with Gasteiger partial charge in [0.1, 0.15) is 0 Å². The van der Waals surface area contributed by atoms with Crippen LogP contribution in [0.1, 0.15) is 41.8 Å². The summed E-state index contributed by atoms with van der Waals surface area (Å²) in [7, 11) is 0. The molecule has 0 bridgehead atoms. The second-order valence-electron chi connectivity index (χ2n) is 4.98. The molecule has 0 spiro atoms. The number of hydrogen-bond donors (Lipinski definition) is 2. The summed E-state index contributed by atoms with van der Waals surface area (Å²) in [4.78, 5) is 0. The lowest BCUT2D eigenvalue weighted by atomic mass is 9.95. The molecule has 1 unspecified atom stereocenters. The van der Waals surface area contributed by atoms with Crippen LogP contribution in [0.2, 0.25) is 0 Å². The molecule has 0 fully saturated rings. The van der Waals surface area contributed by atoms with Crippen molar-refractivity contribution in [2.75, 3.05) is 6.54 Å². The van der Waals surface area contributed by atoms with E-state index < -0.39 is 0 Å². The molecule has 0 aliphatic heterocycles. The van der Waals surface area contributed by atoms with Gasteiger partial charge in [-0.1, -0.05) is 25.1 Å². The SMILES string of the molecule is CCCNC(Cc1c(C)cccc1C)c1cn[nH]n1. The molecule has 0 saturated heterocycles. The van der Waals surface area contributed by atoms with Gasteiger partial charge in [0.05, 0.1) is 17.9 Å². The maximum Gasteiger partial charge on any atom is 0.0997 e. The van der Waals surface area contributed by atoms with Gasteiger partial charge in [0, 0.05) is 0 Å². The van der Waals surface area contributed by atoms with E-state index in [2.05, 4.69) is 59.7 Å². The number of rotatable bonds is 6. The molecule has 1 aromatic carbocycles. The molecule has 2 aromatic rings. The van der Waals surface area contributed by atoms with Gasteiger partial charge in [-0.05, 0) is 49.9 Å². The molecule has 2 N–H and O–H groups in total. The Morgan fingerprint density at radius 2 is 2.00 bits per heavy atom. The van der Waals surface area contributed by atoms with Crippen LogP contribution in [0.5, 0.6) is 0 Å². The number of H-pyrrole nitrogens is 1. The zero-order valence-corrected chi connectivity index (χ0v) is 11.9. The molecule has 1 atom stereocenters. The average molecular weight is 258 g/mol. The predicted molar refractivity (Wildman–Crippen MR) is 77.0 cm³/mol. The molecule has 102 valence electrons. The molecule has 0 saturated carbocycles. The molecule has 4 nitrogen and oxygen atoms in total. The minimum atomic E-state index is 0.221. The zero-order valence-electron chi connectivity index (χ0n) is 11.9. The van der Waals surface area contributed by atoms with Crippen LogP contribution in [-0.4, -0.2) is 22.0 Å². The molecule has 2 rings (SSSR count). The fraction of sp³-hybridized carbons (Fsp3) is 0.467. The van der Waals surface area contributed by atoms with E-state index in [0.717, 1.165) is 25.1 Å². The number of aromatic amines is 1. The smallest absolute Gasteiger partial charge is 0.0997 e. The van der Waals surface area contributed by atoms with Crippen LogP contribution < -0.4 is 5.32 Å². The van der Waals surface area contributed by atoms with E-state index in [0.29, 0.717) is 0 Å². The topological polar surface area (TPSA) is 53.6 Å². The first-order valence-corrected chi connectivity index (χ1v) is 6.86. The fourth-order valence-corrected chi connectivity index (χ4v) is 2.35. The summed E-state index contributed by atoms with van der Waals surface area (Å²) >= 11 is 0. The largest absolute Gasteiger partial charge is 0.308 e. The molecule has 0 radical (unpaired) electrons. The van der Waals surface area contributed by atoms with Gasteiger partial charge in [0.2, 0.25) is 0 Å². The van der Waals surface area contributed by atoms with Crippen molar-refractivity contribution in [3.05, 3.63) is 46.8 Å². The van der Waals surface area contributed by atoms with Crippen molar-refractivity contribution in [1.29, 1.82) is 0 Å². The third-order valence-corrected chi connectivity index (χ3v) is 3.48. The van der Waals surface area contributed by atoms with Crippen LogP contribution in [0.4, 0.5) is 0 Å². The molecule has 0 aliphatic rings. The second kappa shape index (κ2) is 6.48. The van der Waals surface area contributed by atoms with Gasteiger partial charge >= 0.3 is 0 Å². The third-order valence-electron chi connectivity index (χ3n) is 3.48. The van der Waals surface area contributed by atoms with Crippen molar-refractivity contribution >= 4 is 0 Å². The standard InChI is InChI=1S/C15H22N4/c1-4-8-16-14(15-10-17-19-18-15)9-13-11(2)6-5-7-12(13)3/h5-7,10,14,16H,4,8-9H2,1-3H3,(H,17,18,19). The molecular weight excluding hydrogens is 236 g/mol. The van der Waals surface area contributed by atoms with Crippen molar-refractivity contribution < 1.29 is 0 Å². The summed E-state index contributed by atoms with van der Waals surface area (Å²) < 4.78 is 0. The van der Waals surface area contributed by atoms with E-state index >= 15 is 0 Å². The summed E-state index contributed by atoms with van der Waals surface area (Å²) in [5.41, 5.74) is 5.06. The summed E-state index contributed by atoms with van der Waals surface area (Å²) in [5.74, 6) is 0. The van der Waals surface area contributed by atoms with Gasteiger partial charge in [0.25, 0.3) is 0 Å². The van der Waals surface area contributed by atoms with Gasteiger partial charge in [-0.25, -0.2) is 0 Å². The number of aromatic nitrogens is 3. The maximum absolute atomic E-state index is 4.23. The Hall–Kier alpha value is -1.68. The molecule has 0 amide bonds. The molecule has 1 heterocycles. The lowest BCUT2D eigenvalue weighted by molar-refractivity contribution is 0.515. The van der Waals surface area contributed by atoms with E-state index in [1.807, 2.05) is 0 Å². The lowest BCUT2D eigenvalue weighted by Gasteiger charge is -2.18. The second-order valence-corrected chi connectivity index (χ2v) is 4.98. The van der Waals surface area contributed by atoms with Crippen LogP contribution in [0, 0.1) is 13.8 Å². The van der Waals surface area contributed by atoms with Crippen LogP contribution in [0.15, 0.2) is 24.4 Å². The first-order chi connectivity index (χ1) is 9.22. The Morgan fingerprint density at radius 3 is 2.58 bits per heavy atom. The maximum atomic E-state index is 4.23. The minimum absolute atomic E-state index is 0.221. The monoisotopic (exact) mass is 258 g/mol. The van der Waals surface area contributed by atoms with E-state index in [1.165, 1.54) is 16.7 Å². The van der Waals surface area contributed by atoms with E-state index in [4.69, 9.17) is 0 Å². The molecular formula is C15H22N4. The molecule has 4 heteroatoms. The van der Waals surface area contributed by atoms with E-state index in [-0.39, 0.29) is 6.04 Å². The first kappa shape index (κ1) is 13.7. The van der Waals surface area contributed by atoms with Crippen molar-refractivity contribution in [2.45, 2.75) is 39.7 Å². The third kappa shape index (κ3) is 3.41. The number of aryl methyl sites for hydroxylation is 2. The quantitative estimate of drug-likeness (QED) is 0.837. The van der Waals surface area contributed by atoms with Gasteiger partial charge in [-0.3, -0.25) is 0 Å². The highest BCUT2D eigenvalue weighted by atomic mass is 15.3. The van der Waals surface area contributed by atoms with Crippen LogP contribution in [-0.2, 0) is 6.42 Å². The summed E-state index contributed by atoms with van der Waals surface area (Å²) in [6.45, 7) is 7.50. The first-order valence-electron chi connectivity index (χ1n) is 6.86. The lowest BCUT2D eigenvalue weighted by Crippen LogP contribution is -2.25. The van der Waals surface area contributed by atoms with Gasteiger partial charge in [-0.2, -0.15) is 15.4 Å². The molecule has 0 aliphatic carbocycles. The Morgan fingerprint density at radius 1 is 1.26 bits per heavy atom. The average Bonchev–Trinajstić information content (AvgIpc) is 2.91. The van der Waals surface area contributed by atoms with Crippen LogP contribution in [0.25, 0.3) is 0 Å². The van der Waals surface area contributed by atoms with Gasteiger partial charge in [-0.15, -0.1) is 0 Å². The number of nitrogens with one attached hydrogen (secondary N) is 2. The van der Waals surface area contributed by atoms with Gasteiger partial charge < -0.3 is 5.32 Å². The summed E-state index contributed by atoms with van der Waals surface area (Å²) in [6.07, 6.45) is 3.87. The van der Waals surface area contributed by atoms with Gasteiger partial charge in [0.15, 0.2) is 0 Å². The van der Waals surface area contributed by atoms with Crippen molar-refractivity contribution in [3.63, 3.8) is 0 Å². The minimum Gasteiger partial charge on any atom is -0.308 e. The molecule has 19 heavy (non-hydrogen) atoms. The zero-order chi connectivity index (χ0) is 13.7. The van der Waals surface area contributed by atoms with Crippen LogP contribution >= 0.6 is 0 Å². The highest BCUT2D eigenvalue weighted by Crippen LogP contribution is 2.21. The van der Waals surface area contributed by atoms with Crippen LogP contribution in [0.3, 0.4) is 0 Å². The number of benzene rings is 1. The molecule has 1 aromatic heterocycles.